The van der Waals surface area contributed by atoms with Gasteiger partial charge in [-0.25, -0.2) is 0 Å². The lowest BCUT2D eigenvalue weighted by molar-refractivity contribution is -0.120. The fourth-order valence-corrected chi connectivity index (χ4v) is 4.02. The van der Waals surface area contributed by atoms with Gasteiger partial charge < -0.3 is 9.88 Å². The van der Waals surface area contributed by atoms with Crippen LogP contribution in [0.1, 0.15) is 64.4 Å². The van der Waals surface area contributed by atoms with Crippen molar-refractivity contribution in [1.29, 1.82) is 0 Å². The average Bonchev–Trinajstić information content (AvgIpc) is 3.03. The molecule has 3 rings (SSSR count). The molecular formula is C22H28N4O3. The third-order valence-electron chi connectivity index (χ3n) is 5.23. The zero-order valence-electron chi connectivity index (χ0n) is 17.2. The Kier molecular flexibility index (Phi) is 6.36. The molecule has 0 radical (unpaired) electrons. The monoisotopic (exact) mass is 396 g/mol. The Bertz CT molecular complexity index is 932. The summed E-state index contributed by atoms with van der Waals surface area (Å²) in [5, 5.41) is 0. The Morgan fingerprint density at radius 2 is 1.93 bits per heavy atom. The van der Waals surface area contributed by atoms with Gasteiger partial charge in [-0.05, 0) is 50.3 Å². The first kappa shape index (κ1) is 20.6. The molecular weight excluding hydrogens is 368 g/mol. The van der Waals surface area contributed by atoms with Crippen molar-refractivity contribution >= 4 is 23.3 Å². The maximum Gasteiger partial charge on any atom is 0.286 e. The minimum atomic E-state index is -0.448. The molecule has 1 aliphatic heterocycles. The number of carbonyl (C=O) groups is 3. The molecule has 0 fully saturated rings. The van der Waals surface area contributed by atoms with Crippen LogP contribution in [0.25, 0.3) is 0 Å². The van der Waals surface area contributed by atoms with Crippen molar-refractivity contribution < 1.29 is 14.4 Å². The number of hydrazine groups is 1. The summed E-state index contributed by atoms with van der Waals surface area (Å²) in [5.74, 6) is -0.812. The van der Waals surface area contributed by atoms with E-state index in [-0.39, 0.29) is 18.2 Å². The van der Waals surface area contributed by atoms with E-state index in [1.807, 2.05) is 30.0 Å². The van der Waals surface area contributed by atoms with E-state index in [4.69, 9.17) is 0 Å². The van der Waals surface area contributed by atoms with Crippen LogP contribution in [-0.2, 0) is 17.6 Å². The molecule has 2 amide bonds. The summed E-state index contributed by atoms with van der Waals surface area (Å²) in [4.78, 5) is 42.0. The fourth-order valence-electron chi connectivity index (χ4n) is 4.02. The maximum absolute atomic E-state index is 12.6. The van der Waals surface area contributed by atoms with Crippen molar-refractivity contribution in [3.8, 4) is 0 Å². The number of hydrogen-bond acceptors (Lipinski definition) is 4. The zero-order chi connectivity index (χ0) is 21.0. The number of nitrogens with zero attached hydrogens (tertiary/aromatic N) is 1. The first-order valence-electron chi connectivity index (χ1n) is 10.1. The largest absolute Gasteiger partial charge is 0.362 e. The van der Waals surface area contributed by atoms with Crippen molar-refractivity contribution in [3.63, 3.8) is 0 Å². The highest BCUT2D eigenvalue weighted by Gasteiger charge is 2.23. The molecule has 3 N–H and O–H groups in total. The summed E-state index contributed by atoms with van der Waals surface area (Å²) in [7, 11) is 0. The number of aryl methyl sites for hydroxylation is 2. The summed E-state index contributed by atoms with van der Waals surface area (Å²) in [6.45, 7) is 6.23. The topological polar surface area (TPSA) is 94.3 Å². The number of carbonyl (C=O) groups excluding carboxylic acids is 3. The third-order valence-corrected chi connectivity index (χ3v) is 5.23. The number of hydrogen-bond donors (Lipinski definition) is 3. The highest BCUT2D eigenvalue weighted by Crippen LogP contribution is 2.26. The van der Waals surface area contributed by atoms with Gasteiger partial charge in [-0.1, -0.05) is 31.5 Å². The van der Waals surface area contributed by atoms with Crippen molar-refractivity contribution in [3.05, 3.63) is 52.3 Å². The molecule has 7 heteroatoms. The van der Waals surface area contributed by atoms with Crippen molar-refractivity contribution in [2.45, 2.75) is 46.5 Å². The van der Waals surface area contributed by atoms with E-state index in [1.54, 1.807) is 6.92 Å². The number of nitrogens with one attached hydrogen (secondary N) is 3. The molecule has 1 aliphatic rings. The number of para-hydroxylation sites is 1. The second-order valence-electron chi connectivity index (χ2n) is 7.44. The summed E-state index contributed by atoms with van der Waals surface area (Å²) < 4.78 is 0. The quantitative estimate of drug-likeness (QED) is 0.517. The second-order valence-corrected chi connectivity index (χ2v) is 7.44. The molecule has 0 unspecified atom stereocenters. The molecule has 29 heavy (non-hydrogen) atoms. The van der Waals surface area contributed by atoms with E-state index in [2.05, 4.69) is 21.9 Å². The Balaban J connectivity index is 1.65. The summed E-state index contributed by atoms with van der Waals surface area (Å²) in [6, 6.07) is 8.06. The Morgan fingerprint density at radius 3 is 2.66 bits per heavy atom. The standard InChI is InChI=1S/C22H28N4O3/c1-4-8-17-20(15(3)27)14(2)23-21(17)22(29)25-24-19(28)13-26-12-7-10-16-9-5-6-11-18(16)26/h5-6,9,11,23H,4,7-8,10,12-13H2,1-3H3,(H,24,28)(H,25,29). The molecule has 7 nitrogen and oxygen atoms in total. The number of aromatic amines is 1. The lowest BCUT2D eigenvalue weighted by atomic mass is 10.0. The Morgan fingerprint density at radius 1 is 1.17 bits per heavy atom. The molecule has 0 spiro atoms. The maximum atomic E-state index is 12.6. The molecule has 0 bridgehead atoms. The van der Waals surface area contributed by atoms with Gasteiger partial charge in [0.1, 0.15) is 5.69 Å². The fraction of sp³-hybridized carbons (Fsp3) is 0.409. The van der Waals surface area contributed by atoms with E-state index in [1.165, 1.54) is 12.5 Å². The first-order valence-corrected chi connectivity index (χ1v) is 10.1. The van der Waals surface area contributed by atoms with Crippen molar-refractivity contribution in [2.75, 3.05) is 18.0 Å². The van der Waals surface area contributed by atoms with Crippen LogP contribution in [0.5, 0.6) is 0 Å². The molecule has 2 heterocycles. The number of ketones is 1. The lowest BCUT2D eigenvalue weighted by Gasteiger charge is -2.30. The number of amides is 2. The number of aromatic nitrogens is 1. The van der Waals surface area contributed by atoms with Gasteiger partial charge in [-0.2, -0.15) is 0 Å². The van der Waals surface area contributed by atoms with E-state index >= 15 is 0 Å². The van der Waals surface area contributed by atoms with Gasteiger partial charge in [-0.15, -0.1) is 0 Å². The summed E-state index contributed by atoms with van der Waals surface area (Å²) in [5.41, 5.74) is 9.55. The predicted octanol–water partition coefficient (Wildman–Crippen LogP) is 2.69. The van der Waals surface area contributed by atoms with E-state index in [9.17, 15) is 14.4 Å². The molecule has 1 aromatic carbocycles. The minimum absolute atomic E-state index is 0.0750. The molecule has 0 atom stereocenters. The molecule has 154 valence electrons. The van der Waals surface area contributed by atoms with Crippen LogP contribution < -0.4 is 15.8 Å². The number of benzene rings is 1. The van der Waals surface area contributed by atoms with Gasteiger partial charge in [0.2, 0.25) is 0 Å². The number of fused-ring (bicyclic) bond motifs is 1. The van der Waals surface area contributed by atoms with Gasteiger partial charge in [0.25, 0.3) is 11.8 Å². The normalized spacial score (nSPS) is 13.0. The smallest absolute Gasteiger partial charge is 0.286 e. The lowest BCUT2D eigenvalue weighted by Crippen LogP contribution is -2.47. The van der Waals surface area contributed by atoms with Crippen LogP contribution in [0, 0.1) is 6.92 Å². The molecule has 1 aromatic heterocycles. The highest BCUT2D eigenvalue weighted by atomic mass is 16.2. The SMILES string of the molecule is CCCc1c(C(=O)NNC(=O)CN2CCCc3ccccc32)[nH]c(C)c1C(C)=O. The minimum Gasteiger partial charge on any atom is -0.362 e. The number of rotatable bonds is 6. The van der Waals surface area contributed by atoms with E-state index < -0.39 is 5.91 Å². The van der Waals surface area contributed by atoms with Crippen LogP contribution in [0.2, 0.25) is 0 Å². The Hall–Kier alpha value is -3.09. The second kappa shape index (κ2) is 8.94. The number of anilines is 1. The number of H-pyrrole nitrogens is 1. The molecule has 0 saturated heterocycles. The van der Waals surface area contributed by atoms with Gasteiger partial charge in [0, 0.05) is 23.5 Å². The first-order chi connectivity index (χ1) is 13.9. The zero-order valence-corrected chi connectivity index (χ0v) is 17.2. The van der Waals surface area contributed by atoms with Crippen LogP contribution in [0.3, 0.4) is 0 Å². The highest BCUT2D eigenvalue weighted by molar-refractivity contribution is 6.03. The van der Waals surface area contributed by atoms with Gasteiger partial charge in [0.15, 0.2) is 5.78 Å². The molecule has 0 saturated carbocycles. The summed E-state index contributed by atoms with van der Waals surface area (Å²) >= 11 is 0. The van der Waals surface area contributed by atoms with Gasteiger partial charge >= 0.3 is 0 Å². The van der Waals surface area contributed by atoms with E-state index in [0.29, 0.717) is 28.9 Å². The van der Waals surface area contributed by atoms with Gasteiger partial charge in [-0.3, -0.25) is 25.2 Å². The Labute approximate surface area is 170 Å². The predicted molar refractivity (Wildman–Crippen MR) is 112 cm³/mol. The third kappa shape index (κ3) is 4.50. The van der Waals surface area contributed by atoms with Crippen LogP contribution in [0.15, 0.2) is 24.3 Å². The van der Waals surface area contributed by atoms with Crippen molar-refractivity contribution in [1.82, 2.24) is 15.8 Å². The van der Waals surface area contributed by atoms with Crippen LogP contribution in [-0.4, -0.2) is 35.7 Å². The average molecular weight is 396 g/mol. The van der Waals surface area contributed by atoms with Gasteiger partial charge in [0.05, 0.1) is 6.54 Å². The van der Waals surface area contributed by atoms with Crippen LogP contribution in [0.4, 0.5) is 5.69 Å². The molecule has 0 aliphatic carbocycles. The van der Waals surface area contributed by atoms with Crippen LogP contribution >= 0.6 is 0 Å². The number of Topliss-reactive ketones (excluding diaryl/α,β-unsaturated/α-hetero) is 1. The van der Waals surface area contributed by atoms with Crippen molar-refractivity contribution in [2.24, 2.45) is 0 Å². The molecule has 2 aromatic rings. The van der Waals surface area contributed by atoms with E-state index in [0.717, 1.165) is 31.5 Å². The summed E-state index contributed by atoms with van der Waals surface area (Å²) in [6.07, 6.45) is 3.42.